The van der Waals surface area contributed by atoms with Crippen molar-refractivity contribution in [1.82, 2.24) is 0 Å². The van der Waals surface area contributed by atoms with E-state index in [9.17, 15) is 4.39 Å². The Morgan fingerprint density at radius 3 is 2.71 bits per heavy atom. The number of thiophene rings is 1. The molecule has 0 aliphatic rings. The van der Waals surface area contributed by atoms with Crippen LogP contribution < -0.4 is 5.32 Å². The Labute approximate surface area is 120 Å². The molecule has 0 atom stereocenters. The molecule has 2 rings (SSSR count). The van der Waals surface area contributed by atoms with E-state index < -0.39 is 0 Å². The molecule has 1 N–H and O–H groups in total. The summed E-state index contributed by atoms with van der Waals surface area (Å²) in [7, 11) is 0. The van der Waals surface area contributed by atoms with Crippen LogP contribution in [0.3, 0.4) is 0 Å². The van der Waals surface area contributed by atoms with Gasteiger partial charge in [-0.15, -0.1) is 11.3 Å². The van der Waals surface area contributed by atoms with Gasteiger partial charge in [-0.25, -0.2) is 4.39 Å². The van der Waals surface area contributed by atoms with Gasteiger partial charge in [0.15, 0.2) is 0 Å². The first-order chi connectivity index (χ1) is 8.06. The van der Waals surface area contributed by atoms with E-state index in [0.29, 0.717) is 12.2 Å². The maximum absolute atomic E-state index is 13.5. The highest BCUT2D eigenvalue weighted by molar-refractivity contribution is 9.13. The van der Waals surface area contributed by atoms with Gasteiger partial charge >= 0.3 is 0 Å². The molecule has 0 aliphatic carbocycles. The first-order valence-electron chi connectivity index (χ1n) is 5.00. The Hall–Kier alpha value is -0.390. The second-order valence-corrected chi connectivity index (χ2v) is 6.98. The van der Waals surface area contributed by atoms with Gasteiger partial charge in [0.2, 0.25) is 0 Å². The van der Waals surface area contributed by atoms with Crippen LogP contribution in [0.2, 0.25) is 0 Å². The highest BCUT2D eigenvalue weighted by Gasteiger charge is 2.06. The normalized spacial score (nSPS) is 10.6. The summed E-state index contributed by atoms with van der Waals surface area (Å²) in [6.07, 6.45) is 0. The molecule has 1 aromatic carbocycles. The van der Waals surface area contributed by atoms with Crippen LogP contribution in [-0.4, -0.2) is 0 Å². The van der Waals surface area contributed by atoms with Gasteiger partial charge in [-0.2, -0.15) is 0 Å². The Bertz CT molecular complexity index is 520. The summed E-state index contributed by atoms with van der Waals surface area (Å²) in [6, 6.07) is 7.08. The maximum atomic E-state index is 13.5. The van der Waals surface area contributed by atoms with Crippen LogP contribution in [0.5, 0.6) is 0 Å². The summed E-state index contributed by atoms with van der Waals surface area (Å²) in [4.78, 5) is 1.14. The largest absolute Gasteiger partial charge is 0.378 e. The van der Waals surface area contributed by atoms with E-state index in [-0.39, 0.29) is 5.82 Å². The van der Waals surface area contributed by atoms with Gasteiger partial charge in [-0.3, -0.25) is 0 Å². The fourth-order valence-electron chi connectivity index (χ4n) is 1.44. The molecule has 90 valence electrons. The molecule has 0 aliphatic heterocycles. The van der Waals surface area contributed by atoms with Crippen molar-refractivity contribution in [3.8, 4) is 0 Å². The number of rotatable bonds is 3. The highest BCUT2D eigenvalue weighted by Crippen LogP contribution is 2.32. The zero-order valence-electron chi connectivity index (χ0n) is 9.06. The zero-order chi connectivity index (χ0) is 12.4. The van der Waals surface area contributed by atoms with E-state index in [1.165, 1.54) is 6.07 Å². The lowest BCUT2D eigenvalue weighted by atomic mass is 10.2. The molecule has 0 amide bonds. The molecule has 2 aromatic rings. The molecule has 0 radical (unpaired) electrons. The molecule has 5 heteroatoms. The molecule has 0 unspecified atom stereocenters. The number of halogens is 3. The van der Waals surface area contributed by atoms with Crippen molar-refractivity contribution in [2.75, 3.05) is 5.32 Å². The number of benzene rings is 1. The lowest BCUT2D eigenvalue weighted by Crippen LogP contribution is -2.00. The number of anilines is 1. The van der Waals surface area contributed by atoms with Gasteiger partial charge in [0.25, 0.3) is 0 Å². The number of hydrogen-bond acceptors (Lipinski definition) is 2. The van der Waals surface area contributed by atoms with Gasteiger partial charge in [-0.05, 0) is 62.5 Å². The summed E-state index contributed by atoms with van der Waals surface area (Å²) < 4.78 is 15.6. The quantitative estimate of drug-likeness (QED) is 0.760. The van der Waals surface area contributed by atoms with Crippen molar-refractivity contribution in [2.24, 2.45) is 0 Å². The Balaban J connectivity index is 2.09. The Morgan fingerprint density at radius 2 is 2.06 bits per heavy atom. The first-order valence-corrected chi connectivity index (χ1v) is 7.40. The van der Waals surface area contributed by atoms with E-state index in [2.05, 4.69) is 37.2 Å². The SMILES string of the molecule is Cc1ccc(F)c(NCc2cc(Br)c(Br)s2)c1. The third kappa shape index (κ3) is 3.30. The summed E-state index contributed by atoms with van der Waals surface area (Å²) in [5.41, 5.74) is 1.59. The van der Waals surface area contributed by atoms with E-state index in [0.717, 1.165) is 18.7 Å². The second kappa shape index (κ2) is 5.50. The number of nitrogens with one attached hydrogen (secondary N) is 1. The number of hydrogen-bond donors (Lipinski definition) is 1. The van der Waals surface area contributed by atoms with Crippen LogP contribution in [0, 0.1) is 12.7 Å². The van der Waals surface area contributed by atoms with Crippen molar-refractivity contribution in [3.05, 3.63) is 48.8 Å². The molecule has 17 heavy (non-hydrogen) atoms. The van der Waals surface area contributed by atoms with E-state index in [4.69, 9.17) is 0 Å². The van der Waals surface area contributed by atoms with Gasteiger partial charge in [0, 0.05) is 15.9 Å². The third-order valence-electron chi connectivity index (χ3n) is 2.27. The minimum absolute atomic E-state index is 0.217. The van der Waals surface area contributed by atoms with Gasteiger partial charge < -0.3 is 5.32 Å². The summed E-state index contributed by atoms with van der Waals surface area (Å²) in [5.74, 6) is -0.217. The summed E-state index contributed by atoms with van der Waals surface area (Å²) in [5, 5.41) is 3.10. The lowest BCUT2D eigenvalue weighted by Gasteiger charge is -2.06. The fourth-order valence-corrected chi connectivity index (χ4v) is 3.55. The van der Waals surface area contributed by atoms with Crippen molar-refractivity contribution in [2.45, 2.75) is 13.5 Å². The van der Waals surface area contributed by atoms with Gasteiger partial charge in [-0.1, -0.05) is 6.07 Å². The highest BCUT2D eigenvalue weighted by atomic mass is 79.9. The molecule has 0 saturated carbocycles. The van der Waals surface area contributed by atoms with Crippen LogP contribution in [0.1, 0.15) is 10.4 Å². The first kappa shape index (κ1) is 13.1. The molecule has 0 fully saturated rings. The van der Waals surface area contributed by atoms with Gasteiger partial charge in [0.1, 0.15) is 5.82 Å². The smallest absolute Gasteiger partial charge is 0.146 e. The maximum Gasteiger partial charge on any atom is 0.146 e. The monoisotopic (exact) mass is 377 g/mol. The molecular formula is C12H10Br2FNS. The predicted octanol–water partition coefficient (Wildman–Crippen LogP) is 5.33. The Morgan fingerprint density at radius 1 is 1.29 bits per heavy atom. The standard InChI is InChI=1S/C12H10Br2FNS/c1-7-2-3-10(15)11(4-7)16-6-8-5-9(13)12(14)17-8/h2-5,16H,6H2,1H3. The summed E-state index contributed by atoms with van der Waals surface area (Å²) in [6.45, 7) is 2.57. The Kier molecular flexibility index (Phi) is 4.22. The zero-order valence-corrected chi connectivity index (χ0v) is 13.0. The average molecular weight is 379 g/mol. The van der Waals surface area contributed by atoms with Crippen molar-refractivity contribution in [1.29, 1.82) is 0 Å². The molecule has 0 bridgehead atoms. The van der Waals surface area contributed by atoms with Gasteiger partial charge in [0.05, 0.1) is 9.47 Å². The minimum Gasteiger partial charge on any atom is -0.378 e. The van der Waals surface area contributed by atoms with E-state index in [1.54, 1.807) is 17.4 Å². The topological polar surface area (TPSA) is 12.0 Å². The molecule has 1 aromatic heterocycles. The van der Waals surface area contributed by atoms with Crippen LogP contribution in [-0.2, 0) is 6.54 Å². The summed E-state index contributed by atoms with van der Waals surface area (Å²) >= 11 is 8.50. The van der Waals surface area contributed by atoms with E-state index in [1.807, 2.05) is 19.1 Å². The average Bonchev–Trinajstić information content (AvgIpc) is 2.60. The molecule has 1 heterocycles. The van der Waals surface area contributed by atoms with Crippen LogP contribution in [0.25, 0.3) is 0 Å². The van der Waals surface area contributed by atoms with Crippen LogP contribution >= 0.6 is 43.2 Å². The second-order valence-electron chi connectivity index (χ2n) is 3.67. The van der Waals surface area contributed by atoms with Crippen molar-refractivity contribution < 1.29 is 4.39 Å². The minimum atomic E-state index is -0.217. The fraction of sp³-hybridized carbons (Fsp3) is 0.167. The lowest BCUT2D eigenvalue weighted by molar-refractivity contribution is 0.630. The third-order valence-corrected chi connectivity index (χ3v) is 5.53. The molecule has 1 nitrogen and oxygen atoms in total. The van der Waals surface area contributed by atoms with E-state index >= 15 is 0 Å². The number of aryl methyl sites for hydroxylation is 1. The molecular weight excluding hydrogens is 369 g/mol. The van der Waals surface area contributed by atoms with Crippen LogP contribution in [0.4, 0.5) is 10.1 Å². The molecule has 0 saturated heterocycles. The van der Waals surface area contributed by atoms with Crippen molar-refractivity contribution >= 4 is 48.9 Å². The van der Waals surface area contributed by atoms with Crippen molar-refractivity contribution in [3.63, 3.8) is 0 Å². The molecule has 0 spiro atoms. The van der Waals surface area contributed by atoms with Crippen LogP contribution in [0.15, 0.2) is 32.5 Å². The predicted molar refractivity (Wildman–Crippen MR) is 78.2 cm³/mol.